The molecule has 6 nitrogen and oxygen atoms in total. The maximum atomic E-state index is 12.3. The molecule has 0 saturated heterocycles. The van der Waals surface area contributed by atoms with Crippen LogP contribution in [-0.4, -0.2) is 26.6 Å². The van der Waals surface area contributed by atoms with Crippen molar-refractivity contribution in [2.24, 2.45) is 7.05 Å². The van der Waals surface area contributed by atoms with Gasteiger partial charge in [-0.25, -0.2) is 4.98 Å². The molecule has 1 N–H and O–H groups in total. The zero-order valence-corrected chi connectivity index (χ0v) is 13.4. The molecule has 3 heterocycles. The van der Waals surface area contributed by atoms with Gasteiger partial charge in [0.2, 0.25) is 0 Å². The lowest BCUT2D eigenvalue weighted by Gasteiger charge is -2.07. The highest BCUT2D eigenvalue weighted by Gasteiger charge is 2.14. The maximum absolute atomic E-state index is 12.3. The number of nitrogens with zero attached hydrogens (tertiary/aromatic N) is 3. The van der Waals surface area contributed by atoms with Gasteiger partial charge in [0, 0.05) is 32.3 Å². The van der Waals surface area contributed by atoms with Gasteiger partial charge in [0.15, 0.2) is 5.58 Å². The van der Waals surface area contributed by atoms with Gasteiger partial charge in [0.25, 0.3) is 5.91 Å². The predicted octanol–water partition coefficient (Wildman–Crippen LogP) is 2.94. The van der Waals surface area contributed by atoms with Crippen molar-refractivity contribution >= 4 is 28.0 Å². The summed E-state index contributed by atoms with van der Waals surface area (Å²) in [5.41, 5.74) is 4.37. The van der Waals surface area contributed by atoms with Crippen LogP contribution in [0.3, 0.4) is 0 Å². The van der Waals surface area contributed by atoms with Gasteiger partial charge in [0.1, 0.15) is 5.69 Å². The normalized spacial score (nSPS) is 11.4. The molecule has 0 spiro atoms. The zero-order valence-electron chi connectivity index (χ0n) is 13.4. The van der Waals surface area contributed by atoms with E-state index < -0.39 is 0 Å². The molecule has 0 bridgehead atoms. The molecular weight excluding hydrogens is 304 g/mol. The summed E-state index contributed by atoms with van der Waals surface area (Å²) in [4.78, 5) is 16.7. The lowest BCUT2D eigenvalue weighted by molar-refractivity contribution is 0.0945. The second kappa shape index (κ2) is 5.88. The number of furan rings is 1. The van der Waals surface area contributed by atoms with E-state index in [9.17, 15) is 4.79 Å². The van der Waals surface area contributed by atoms with E-state index in [1.54, 1.807) is 12.3 Å². The van der Waals surface area contributed by atoms with Gasteiger partial charge in [0.05, 0.1) is 29.1 Å². The van der Waals surface area contributed by atoms with E-state index in [0.29, 0.717) is 12.2 Å². The van der Waals surface area contributed by atoms with E-state index >= 15 is 0 Å². The van der Waals surface area contributed by atoms with Crippen LogP contribution in [0, 0.1) is 0 Å². The average Bonchev–Trinajstić information content (AvgIpc) is 3.28. The van der Waals surface area contributed by atoms with Crippen molar-refractivity contribution in [3.8, 4) is 0 Å². The number of benzene rings is 1. The van der Waals surface area contributed by atoms with Crippen LogP contribution >= 0.6 is 0 Å². The number of amides is 1. The first-order chi connectivity index (χ1) is 11.7. The number of para-hydroxylation sites is 2. The quantitative estimate of drug-likeness (QED) is 0.575. The summed E-state index contributed by atoms with van der Waals surface area (Å²) in [6, 6.07) is 11.7. The zero-order chi connectivity index (χ0) is 16.5. The van der Waals surface area contributed by atoms with Crippen molar-refractivity contribution in [1.82, 2.24) is 19.4 Å². The number of carbonyl (C=O) groups excluding carboxylic acids is 1. The van der Waals surface area contributed by atoms with Gasteiger partial charge < -0.3 is 18.9 Å². The van der Waals surface area contributed by atoms with E-state index in [4.69, 9.17) is 4.42 Å². The summed E-state index contributed by atoms with van der Waals surface area (Å²) in [6.07, 6.45) is 4.31. The number of imidazole rings is 1. The van der Waals surface area contributed by atoms with Crippen LogP contribution in [0.4, 0.5) is 0 Å². The molecule has 6 heteroatoms. The van der Waals surface area contributed by atoms with Crippen molar-refractivity contribution in [2.75, 3.05) is 6.54 Å². The molecule has 0 aliphatic heterocycles. The van der Waals surface area contributed by atoms with Crippen LogP contribution in [0.15, 0.2) is 53.4 Å². The van der Waals surface area contributed by atoms with Gasteiger partial charge in [-0.1, -0.05) is 12.1 Å². The SMILES string of the molecule is Cn1c(C(=O)NCCCn2cnc3ccccc32)cc2occc21. The van der Waals surface area contributed by atoms with Crippen LogP contribution in [0.5, 0.6) is 0 Å². The van der Waals surface area contributed by atoms with Crippen LogP contribution in [0.25, 0.3) is 22.1 Å². The summed E-state index contributed by atoms with van der Waals surface area (Å²) in [6.45, 7) is 1.42. The molecule has 0 aliphatic rings. The monoisotopic (exact) mass is 322 g/mol. The molecule has 4 rings (SSSR count). The Morgan fingerprint density at radius 1 is 1.25 bits per heavy atom. The Bertz CT molecular complexity index is 1010. The second-order valence-electron chi connectivity index (χ2n) is 5.79. The van der Waals surface area contributed by atoms with Crippen LogP contribution in [0.2, 0.25) is 0 Å². The average molecular weight is 322 g/mol. The first kappa shape index (κ1) is 14.6. The minimum atomic E-state index is -0.0839. The Labute approximate surface area is 138 Å². The van der Waals surface area contributed by atoms with E-state index in [2.05, 4.69) is 20.9 Å². The number of rotatable bonds is 5. The molecule has 3 aromatic heterocycles. The Hall–Kier alpha value is -3.02. The molecule has 1 aromatic carbocycles. The second-order valence-corrected chi connectivity index (χ2v) is 5.79. The molecule has 0 radical (unpaired) electrons. The Morgan fingerprint density at radius 3 is 3.00 bits per heavy atom. The summed E-state index contributed by atoms with van der Waals surface area (Å²) in [7, 11) is 1.87. The van der Waals surface area contributed by atoms with E-state index in [-0.39, 0.29) is 5.91 Å². The van der Waals surface area contributed by atoms with Crippen molar-refractivity contribution in [1.29, 1.82) is 0 Å². The molecular formula is C18H18N4O2. The number of aromatic nitrogens is 3. The number of nitrogens with one attached hydrogen (secondary N) is 1. The number of aryl methyl sites for hydroxylation is 2. The highest BCUT2D eigenvalue weighted by molar-refractivity contribution is 5.97. The van der Waals surface area contributed by atoms with Crippen LogP contribution < -0.4 is 5.32 Å². The molecule has 0 atom stereocenters. The highest BCUT2D eigenvalue weighted by atomic mass is 16.3. The fraction of sp³-hybridized carbons (Fsp3) is 0.222. The Morgan fingerprint density at radius 2 is 2.12 bits per heavy atom. The van der Waals surface area contributed by atoms with Gasteiger partial charge >= 0.3 is 0 Å². The molecule has 4 aromatic rings. The van der Waals surface area contributed by atoms with Gasteiger partial charge in [-0.3, -0.25) is 4.79 Å². The number of hydrogen-bond acceptors (Lipinski definition) is 3. The van der Waals surface area contributed by atoms with E-state index in [1.165, 1.54) is 0 Å². The standard InChI is InChI=1S/C18H18N4O2/c1-21-15-7-10-24-17(15)11-16(21)18(23)19-8-4-9-22-12-20-13-5-2-3-6-14(13)22/h2-3,5-7,10-12H,4,8-9H2,1H3,(H,19,23). The molecule has 0 fully saturated rings. The molecule has 122 valence electrons. The summed E-state index contributed by atoms with van der Waals surface area (Å²) in [5.74, 6) is -0.0839. The minimum absolute atomic E-state index is 0.0839. The van der Waals surface area contributed by atoms with Gasteiger partial charge in [-0.2, -0.15) is 0 Å². The first-order valence-electron chi connectivity index (χ1n) is 7.95. The predicted molar refractivity (Wildman–Crippen MR) is 91.9 cm³/mol. The molecule has 1 amide bonds. The van der Waals surface area contributed by atoms with Crippen molar-refractivity contribution < 1.29 is 9.21 Å². The lowest BCUT2D eigenvalue weighted by Crippen LogP contribution is -2.27. The Balaban J connectivity index is 1.36. The summed E-state index contributed by atoms with van der Waals surface area (Å²) < 4.78 is 9.29. The molecule has 0 saturated carbocycles. The fourth-order valence-electron chi connectivity index (χ4n) is 3.00. The molecule has 24 heavy (non-hydrogen) atoms. The molecule has 0 unspecified atom stereocenters. The minimum Gasteiger partial charge on any atom is -0.463 e. The largest absolute Gasteiger partial charge is 0.463 e. The number of hydrogen-bond donors (Lipinski definition) is 1. The number of carbonyl (C=O) groups is 1. The lowest BCUT2D eigenvalue weighted by atomic mass is 10.3. The Kier molecular flexibility index (Phi) is 3.57. The van der Waals surface area contributed by atoms with Gasteiger partial charge in [-0.05, 0) is 18.6 Å². The third kappa shape index (κ3) is 2.46. The fourth-order valence-corrected chi connectivity index (χ4v) is 3.00. The van der Waals surface area contributed by atoms with Crippen molar-refractivity contribution in [3.63, 3.8) is 0 Å². The highest BCUT2D eigenvalue weighted by Crippen LogP contribution is 2.19. The third-order valence-electron chi connectivity index (χ3n) is 4.29. The summed E-state index contributed by atoms with van der Waals surface area (Å²) >= 11 is 0. The molecule has 0 aliphatic carbocycles. The van der Waals surface area contributed by atoms with Crippen LogP contribution in [-0.2, 0) is 13.6 Å². The van der Waals surface area contributed by atoms with Crippen molar-refractivity contribution in [3.05, 3.63) is 54.7 Å². The number of fused-ring (bicyclic) bond motifs is 2. The van der Waals surface area contributed by atoms with Gasteiger partial charge in [-0.15, -0.1) is 0 Å². The summed E-state index contributed by atoms with van der Waals surface area (Å²) in [5, 5.41) is 2.97. The smallest absolute Gasteiger partial charge is 0.268 e. The first-order valence-corrected chi connectivity index (χ1v) is 7.95. The van der Waals surface area contributed by atoms with E-state index in [0.717, 1.165) is 35.1 Å². The van der Waals surface area contributed by atoms with Crippen molar-refractivity contribution in [2.45, 2.75) is 13.0 Å². The van der Waals surface area contributed by atoms with E-state index in [1.807, 2.05) is 42.2 Å². The van der Waals surface area contributed by atoms with Crippen LogP contribution in [0.1, 0.15) is 16.9 Å². The third-order valence-corrected chi connectivity index (χ3v) is 4.29. The topological polar surface area (TPSA) is 65.0 Å². The maximum Gasteiger partial charge on any atom is 0.268 e.